The van der Waals surface area contributed by atoms with Gasteiger partial charge in [-0.2, -0.15) is 4.31 Å². The number of rotatable bonds is 5. The Hall–Kier alpha value is -2.89. The standard InChI is InChI=1S/C19H23N7O3S/c1-24-8-9-25(30(2,28)29)13-16(24)18-23-22-17-6-5-15(12-26(17)18)19(27)21-11-14-4-3-7-20-10-14/h3-7,10,12,16H,8-9,11,13H2,1-2H3,(H,21,27)/t16-/m0/s1. The zero-order chi connectivity index (χ0) is 21.3. The number of hydrogen-bond donors (Lipinski definition) is 1. The third kappa shape index (κ3) is 4.18. The van der Waals surface area contributed by atoms with E-state index in [0.717, 1.165) is 5.56 Å². The lowest BCUT2D eigenvalue weighted by molar-refractivity contribution is 0.0950. The van der Waals surface area contributed by atoms with Crippen LogP contribution >= 0.6 is 0 Å². The molecule has 1 atom stereocenters. The molecule has 3 aromatic rings. The highest BCUT2D eigenvalue weighted by molar-refractivity contribution is 7.88. The minimum absolute atomic E-state index is 0.227. The van der Waals surface area contributed by atoms with Gasteiger partial charge in [0.05, 0.1) is 17.9 Å². The van der Waals surface area contributed by atoms with Crippen molar-refractivity contribution in [1.82, 2.24) is 34.1 Å². The first kappa shape index (κ1) is 20.4. The summed E-state index contributed by atoms with van der Waals surface area (Å²) in [7, 11) is -1.38. The van der Waals surface area contributed by atoms with E-state index in [-0.39, 0.29) is 18.5 Å². The number of carbonyl (C=O) groups excluding carboxylic acids is 1. The van der Waals surface area contributed by atoms with Crippen LogP contribution in [0.4, 0.5) is 0 Å². The lowest BCUT2D eigenvalue weighted by Crippen LogP contribution is -2.49. The Bertz CT molecular complexity index is 1160. The molecule has 11 heteroatoms. The fourth-order valence-corrected chi connectivity index (χ4v) is 4.31. The van der Waals surface area contributed by atoms with Crippen molar-refractivity contribution in [2.75, 3.05) is 32.9 Å². The molecule has 158 valence electrons. The van der Waals surface area contributed by atoms with Crippen molar-refractivity contribution in [3.05, 3.63) is 59.8 Å². The van der Waals surface area contributed by atoms with Gasteiger partial charge in [0.2, 0.25) is 10.0 Å². The Kier molecular flexibility index (Phi) is 5.50. The van der Waals surface area contributed by atoms with Crippen LogP contribution in [-0.4, -0.2) is 76.0 Å². The van der Waals surface area contributed by atoms with Crippen molar-refractivity contribution in [3.63, 3.8) is 0 Å². The molecule has 0 spiro atoms. The first-order valence-corrected chi connectivity index (χ1v) is 11.3. The monoisotopic (exact) mass is 429 g/mol. The number of pyridine rings is 2. The molecule has 4 heterocycles. The van der Waals surface area contributed by atoms with Gasteiger partial charge in [0, 0.05) is 44.8 Å². The van der Waals surface area contributed by atoms with Gasteiger partial charge in [0.25, 0.3) is 5.91 Å². The van der Waals surface area contributed by atoms with Crippen LogP contribution in [0.15, 0.2) is 42.9 Å². The predicted octanol–water partition coefficient (Wildman–Crippen LogP) is 0.302. The second kappa shape index (κ2) is 8.09. The van der Waals surface area contributed by atoms with Gasteiger partial charge in [-0.25, -0.2) is 8.42 Å². The molecule has 0 bridgehead atoms. The fraction of sp³-hybridized carbons (Fsp3) is 0.368. The van der Waals surface area contributed by atoms with E-state index < -0.39 is 10.0 Å². The van der Waals surface area contributed by atoms with Crippen LogP contribution in [0, 0.1) is 0 Å². The number of nitrogens with zero attached hydrogens (tertiary/aromatic N) is 6. The van der Waals surface area contributed by atoms with Gasteiger partial charge in [-0.1, -0.05) is 6.07 Å². The molecule has 0 radical (unpaired) electrons. The summed E-state index contributed by atoms with van der Waals surface area (Å²) < 4.78 is 27.2. The smallest absolute Gasteiger partial charge is 0.253 e. The summed E-state index contributed by atoms with van der Waals surface area (Å²) in [6, 6.07) is 6.86. The van der Waals surface area contributed by atoms with Crippen LogP contribution in [0.25, 0.3) is 5.65 Å². The average Bonchev–Trinajstić information content (AvgIpc) is 3.15. The highest BCUT2D eigenvalue weighted by atomic mass is 32.2. The summed E-state index contributed by atoms with van der Waals surface area (Å²) in [5.74, 6) is 0.373. The zero-order valence-electron chi connectivity index (χ0n) is 16.8. The molecule has 0 unspecified atom stereocenters. The summed E-state index contributed by atoms with van der Waals surface area (Å²) >= 11 is 0. The fourth-order valence-electron chi connectivity index (χ4n) is 3.49. The molecule has 3 aromatic heterocycles. The van der Waals surface area contributed by atoms with Gasteiger partial charge in [0.15, 0.2) is 11.5 Å². The van der Waals surface area contributed by atoms with Crippen molar-refractivity contribution in [3.8, 4) is 0 Å². The zero-order valence-corrected chi connectivity index (χ0v) is 17.6. The molecule has 1 aliphatic heterocycles. The van der Waals surface area contributed by atoms with Crippen molar-refractivity contribution >= 4 is 21.6 Å². The molecule has 4 rings (SSSR count). The highest BCUT2D eigenvalue weighted by Gasteiger charge is 2.33. The van der Waals surface area contributed by atoms with Crippen LogP contribution in [-0.2, 0) is 16.6 Å². The Labute approximate surface area is 174 Å². The first-order chi connectivity index (χ1) is 14.3. The van der Waals surface area contributed by atoms with Crippen LogP contribution in [0.1, 0.15) is 27.8 Å². The molecule has 10 nitrogen and oxygen atoms in total. The number of likely N-dealkylation sites (N-methyl/N-ethyl adjacent to an activating group) is 1. The molecule has 0 aromatic carbocycles. The maximum absolute atomic E-state index is 12.6. The number of amides is 1. The summed E-state index contributed by atoms with van der Waals surface area (Å²) in [4.78, 5) is 18.7. The van der Waals surface area contributed by atoms with Gasteiger partial charge in [0.1, 0.15) is 0 Å². The van der Waals surface area contributed by atoms with Crippen LogP contribution in [0.2, 0.25) is 0 Å². The molecule has 1 aliphatic rings. The number of carbonyl (C=O) groups is 1. The van der Waals surface area contributed by atoms with Crippen LogP contribution < -0.4 is 5.32 Å². The summed E-state index contributed by atoms with van der Waals surface area (Å²) in [5.41, 5.74) is 1.96. The quantitative estimate of drug-likeness (QED) is 0.621. The lowest BCUT2D eigenvalue weighted by atomic mass is 10.2. The van der Waals surface area contributed by atoms with Gasteiger partial charge >= 0.3 is 0 Å². The molecule has 1 N–H and O–H groups in total. The lowest BCUT2D eigenvalue weighted by Gasteiger charge is -2.37. The number of hydrogen-bond acceptors (Lipinski definition) is 7. The SMILES string of the molecule is CN1CCN(S(C)(=O)=O)C[C@H]1c1nnc2ccc(C(=O)NCc3cccnc3)cn12. The molecule has 1 saturated heterocycles. The highest BCUT2D eigenvalue weighted by Crippen LogP contribution is 2.24. The molecular formula is C19H23N7O3S. The predicted molar refractivity (Wildman–Crippen MR) is 110 cm³/mol. The molecule has 30 heavy (non-hydrogen) atoms. The van der Waals surface area contributed by atoms with Gasteiger partial charge in [-0.05, 0) is 30.8 Å². The van der Waals surface area contributed by atoms with E-state index in [1.54, 1.807) is 35.1 Å². The van der Waals surface area contributed by atoms with E-state index in [9.17, 15) is 13.2 Å². The number of fused-ring (bicyclic) bond motifs is 1. The van der Waals surface area contributed by atoms with Gasteiger partial charge < -0.3 is 5.32 Å². The largest absolute Gasteiger partial charge is 0.348 e. The van der Waals surface area contributed by atoms with E-state index >= 15 is 0 Å². The molecule has 1 amide bonds. The molecule has 1 fully saturated rings. The number of aromatic nitrogens is 4. The summed E-state index contributed by atoms with van der Waals surface area (Å²) in [5, 5.41) is 11.4. The number of sulfonamides is 1. The van der Waals surface area contributed by atoms with E-state index in [1.165, 1.54) is 10.6 Å². The maximum atomic E-state index is 12.6. The second-order valence-corrected chi connectivity index (χ2v) is 9.35. The van der Waals surface area contributed by atoms with E-state index in [2.05, 4.69) is 20.5 Å². The van der Waals surface area contributed by atoms with Crippen molar-refractivity contribution in [2.45, 2.75) is 12.6 Å². The number of nitrogens with one attached hydrogen (secondary N) is 1. The van der Waals surface area contributed by atoms with Crippen molar-refractivity contribution in [1.29, 1.82) is 0 Å². The summed E-state index contributed by atoms with van der Waals surface area (Å²) in [6.07, 6.45) is 6.28. The Morgan fingerprint density at radius 2 is 2.07 bits per heavy atom. The molecule has 0 aliphatic carbocycles. The topological polar surface area (TPSA) is 113 Å². The average molecular weight is 430 g/mol. The van der Waals surface area contributed by atoms with E-state index in [4.69, 9.17) is 0 Å². The van der Waals surface area contributed by atoms with Crippen LogP contribution in [0.5, 0.6) is 0 Å². The van der Waals surface area contributed by atoms with E-state index in [1.807, 2.05) is 24.1 Å². The minimum atomic E-state index is -3.30. The second-order valence-electron chi connectivity index (χ2n) is 7.37. The normalized spacial score (nSPS) is 18.5. The molecular weight excluding hydrogens is 406 g/mol. The summed E-state index contributed by atoms with van der Waals surface area (Å²) in [6.45, 7) is 1.67. The first-order valence-electron chi connectivity index (χ1n) is 9.50. The van der Waals surface area contributed by atoms with Crippen molar-refractivity contribution in [2.24, 2.45) is 0 Å². The van der Waals surface area contributed by atoms with Gasteiger partial charge in [-0.15, -0.1) is 10.2 Å². The van der Waals surface area contributed by atoms with E-state index in [0.29, 0.717) is 36.7 Å². The Morgan fingerprint density at radius 3 is 2.80 bits per heavy atom. The van der Waals surface area contributed by atoms with Crippen molar-refractivity contribution < 1.29 is 13.2 Å². The third-order valence-corrected chi connectivity index (χ3v) is 6.51. The molecule has 0 saturated carbocycles. The minimum Gasteiger partial charge on any atom is -0.348 e. The Balaban J connectivity index is 1.59. The van der Waals surface area contributed by atoms with Crippen LogP contribution in [0.3, 0.4) is 0 Å². The Morgan fingerprint density at radius 1 is 1.23 bits per heavy atom. The van der Waals surface area contributed by atoms with Gasteiger partial charge in [-0.3, -0.25) is 19.1 Å². The third-order valence-electron chi connectivity index (χ3n) is 5.24. The number of piperazine rings is 1. The maximum Gasteiger partial charge on any atom is 0.253 e.